The number of rotatable bonds is 6. The van der Waals surface area contributed by atoms with Crippen molar-refractivity contribution in [1.29, 1.82) is 0 Å². The second-order valence-electron chi connectivity index (χ2n) is 9.76. The zero-order chi connectivity index (χ0) is 26.7. The van der Waals surface area contributed by atoms with Gasteiger partial charge in [0.1, 0.15) is 22.8 Å². The van der Waals surface area contributed by atoms with Crippen LogP contribution in [0, 0.1) is 11.8 Å². The number of phenols is 1. The van der Waals surface area contributed by atoms with Crippen LogP contribution in [0.5, 0.6) is 5.75 Å². The fourth-order valence-corrected chi connectivity index (χ4v) is 5.95. The van der Waals surface area contributed by atoms with E-state index in [9.17, 15) is 34.8 Å². The van der Waals surface area contributed by atoms with Crippen LogP contribution in [0.3, 0.4) is 0 Å². The molecule has 7 N–H and O–H groups in total. The first-order valence-corrected chi connectivity index (χ1v) is 11.7. The molecule has 0 heterocycles. The Labute approximate surface area is 207 Å². The van der Waals surface area contributed by atoms with Gasteiger partial charge in [-0.1, -0.05) is 6.07 Å². The van der Waals surface area contributed by atoms with Gasteiger partial charge in [-0.2, -0.15) is 5.48 Å². The number of aromatic hydroxyl groups is 1. The molecule has 3 aliphatic rings. The highest BCUT2D eigenvalue weighted by Crippen LogP contribution is 2.53. The number of primary amides is 1. The molecular weight excluding hydrogens is 470 g/mol. The Bertz CT molecular complexity index is 1220. The predicted molar refractivity (Wildman–Crippen MR) is 127 cm³/mol. The van der Waals surface area contributed by atoms with Crippen LogP contribution in [0.15, 0.2) is 29.0 Å². The van der Waals surface area contributed by atoms with Gasteiger partial charge in [-0.3, -0.25) is 19.3 Å². The van der Waals surface area contributed by atoms with Crippen LogP contribution in [0.1, 0.15) is 43.0 Å². The number of nitrogens with two attached hydrogens (primary N) is 1. The first kappa shape index (κ1) is 25.8. The van der Waals surface area contributed by atoms with E-state index in [0.717, 1.165) is 5.56 Å². The molecule has 1 fully saturated rings. The molecule has 0 spiro atoms. The normalized spacial score (nSPS) is 28.7. The second kappa shape index (κ2) is 9.00. The van der Waals surface area contributed by atoms with Gasteiger partial charge in [0, 0.05) is 11.5 Å². The van der Waals surface area contributed by atoms with E-state index < -0.39 is 58.0 Å². The summed E-state index contributed by atoms with van der Waals surface area (Å²) in [5, 5.41) is 44.3. The summed E-state index contributed by atoms with van der Waals surface area (Å²) in [5.74, 6) is -6.72. The van der Waals surface area contributed by atoms with Gasteiger partial charge < -0.3 is 31.0 Å². The molecule has 1 unspecified atom stereocenters. The van der Waals surface area contributed by atoms with Crippen LogP contribution >= 0.6 is 0 Å². The Morgan fingerprint density at radius 1 is 1.28 bits per heavy atom. The number of amides is 1. The Kier molecular flexibility index (Phi) is 6.46. The van der Waals surface area contributed by atoms with Crippen molar-refractivity contribution >= 4 is 23.2 Å². The summed E-state index contributed by atoms with van der Waals surface area (Å²) in [7, 11) is 3.12. The van der Waals surface area contributed by atoms with Crippen LogP contribution in [0.4, 0.5) is 0 Å². The number of benzene rings is 1. The lowest BCUT2D eigenvalue weighted by Crippen LogP contribution is -2.65. The molecule has 0 saturated heterocycles. The topological polar surface area (TPSA) is 183 Å². The third kappa shape index (κ3) is 3.53. The third-order valence-corrected chi connectivity index (χ3v) is 7.51. The summed E-state index contributed by atoms with van der Waals surface area (Å²) in [4.78, 5) is 45.7. The fourth-order valence-electron chi connectivity index (χ4n) is 5.95. The smallest absolute Gasteiger partial charge is 0.255 e. The van der Waals surface area contributed by atoms with Crippen LogP contribution in [0.2, 0.25) is 0 Å². The number of carbonyl (C=O) groups is 3. The maximum absolute atomic E-state index is 13.8. The zero-order valence-corrected chi connectivity index (χ0v) is 20.5. The van der Waals surface area contributed by atoms with Crippen molar-refractivity contribution in [3.05, 3.63) is 45.7 Å². The van der Waals surface area contributed by atoms with E-state index in [-0.39, 0.29) is 35.8 Å². The molecule has 0 bridgehead atoms. The number of phenolic OH excluding ortho intramolecular Hbond substituents is 1. The predicted octanol–water partition coefficient (Wildman–Crippen LogP) is 0.566. The maximum atomic E-state index is 13.8. The standard InChI is InChI=1S/C25H31N3O8/c1-5-36-27-10(2)12-6-7-15(29)17-13(12)8-11-9-14-19(28(3)4)21(31)18(24(26)34)23(33)25(14,35)22(32)16(11)20(17)30/h6-7,10-11,14,19,27,29-30,33,35H,5,8-9H2,1-4H3,(H2,26,34)/t10?,11-,14-,19-,25-/m0/s1. The lowest BCUT2D eigenvalue weighted by molar-refractivity contribution is -0.153. The van der Waals surface area contributed by atoms with Crippen molar-refractivity contribution in [2.24, 2.45) is 17.6 Å². The number of ketones is 2. The monoisotopic (exact) mass is 501 g/mol. The number of carbonyl (C=O) groups excluding carboxylic acids is 3. The van der Waals surface area contributed by atoms with Gasteiger partial charge in [-0.25, -0.2) is 0 Å². The number of aliphatic hydroxyl groups excluding tert-OH is 2. The highest BCUT2D eigenvalue weighted by molar-refractivity contribution is 6.24. The van der Waals surface area contributed by atoms with Crippen molar-refractivity contribution in [3.63, 3.8) is 0 Å². The molecule has 36 heavy (non-hydrogen) atoms. The Morgan fingerprint density at radius 3 is 2.53 bits per heavy atom. The minimum absolute atomic E-state index is 0.0358. The Balaban J connectivity index is 1.93. The average molecular weight is 502 g/mol. The quantitative estimate of drug-likeness (QED) is 0.238. The molecule has 1 saturated carbocycles. The number of aliphatic hydroxyl groups is 3. The minimum atomic E-state index is -2.65. The molecule has 0 aromatic heterocycles. The Morgan fingerprint density at radius 2 is 1.94 bits per heavy atom. The summed E-state index contributed by atoms with van der Waals surface area (Å²) >= 11 is 0. The number of Topliss-reactive ketones (excluding diaryl/α,β-unsaturated/α-hetero) is 2. The van der Waals surface area contributed by atoms with E-state index in [0.29, 0.717) is 12.2 Å². The number of hydroxylamine groups is 1. The van der Waals surface area contributed by atoms with Gasteiger partial charge >= 0.3 is 0 Å². The molecule has 0 radical (unpaired) electrons. The van der Waals surface area contributed by atoms with Gasteiger partial charge in [-0.15, -0.1) is 0 Å². The third-order valence-electron chi connectivity index (χ3n) is 7.51. The number of likely N-dealkylation sites (N-methyl/N-ethyl adjacent to an activating group) is 1. The fraction of sp³-hybridized carbons (Fsp3) is 0.480. The molecular formula is C25H31N3O8. The molecule has 194 valence electrons. The summed E-state index contributed by atoms with van der Waals surface area (Å²) in [6.07, 6.45) is 0.255. The van der Waals surface area contributed by atoms with Crippen molar-refractivity contribution < 1.29 is 39.6 Å². The Hall–Kier alpha value is -3.25. The number of nitrogens with one attached hydrogen (secondary N) is 1. The van der Waals surface area contributed by atoms with E-state index in [1.54, 1.807) is 20.2 Å². The van der Waals surface area contributed by atoms with E-state index in [1.807, 2.05) is 13.8 Å². The summed E-state index contributed by atoms with van der Waals surface area (Å²) in [5.41, 5.74) is 5.94. The number of fused-ring (bicyclic) bond motifs is 3. The van der Waals surface area contributed by atoms with E-state index >= 15 is 0 Å². The average Bonchev–Trinajstić information content (AvgIpc) is 2.79. The molecule has 11 heteroatoms. The molecule has 11 nitrogen and oxygen atoms in total. The second-order valence-corrected chi connectivity index (χ2v) is 9.76. The maximum Gasteiger partial charge on any atom is 0.255 e. The number of nitrogens with zero attached hydrogens (tertiary/aromatic N) is 1. The molecule has 0 aliphatic heterocycles. The first-order valence-electron chi connectivity index (χ1n) is 11.7. The lowest BCUT2D eigenvalue weighted by Gasteiger charge is -2.50. The molecule has 1 aromatic carbocycles. The summed E-state index contributed by atoms with van der Waals surface area (Å²) in [6, 6.07) is 1.65. The summed E-state index contributed by atoms with van der Waals surface area (Å²) < 4.78 is 0. The molecule has 1 amide bonds. The van der Waals surface area contributed by atoms with Gasteiger partial charge in [0.05, 0.1) is 24.3 Å². The van der Waals surface area contributed by atoms with Crippen molar-refractivity contribution in [3.8, 4) is 5.75 Å². The van der Waals surface area contributed by atoms with Crippen LogP contribution < -0.4 is 11.2 Å². The molecule has 3 aliphatic carbocycles. The number of hydrogen-bond acceptors (Lipinski definition) is 10. The highest BCUT2D eigenvalue weighted by atomic mass is 16.6. The molecule has 4 rings (SSSR count). The minimum Gasteiger partial charge on any atom is -0.508 e. The SMILES string of the molecule is CCONC(C)c1ccc(O)c2c1C[C@H]1C[C@H]3[C@H](N(C)C)C(=O)C(C(N)=O)=C(O)[C@@]3(O)C(=O)C1=C2O. The van der Waals surface area contributed by atoms with Gasteiger partial charge in [-0.05, 0) is 63.9 Å². The van der Waals surface area contributed by atoms with Crippen molar-refractivity contribution in [1.82, 2.24) is 10.4 Å². The largest absolute Gasteiger partial charge is 0.508 e. The van der Waals surface area contributed by atoms with E-state index in [2.05, 4.69) is 5.48 Å². The van der Waals surface area contributed by atoms with Crippen molar-refractivity contribution in [2.45, 2.75) is 44.4 Å². The summed E-state index contributed by atoms with van der Waals surface area (Å²) in [6.45, 7) is 4.09. The van der Waals surface area contributed by atoms with Crippen LogP contribution in [-0.2, 0) is 25.6 Å². The first-order chi connectivity index (χ1) is 16.9. The number of hydrogen-bond donors (Lipinski definition) is 6. The van der Waals surface area contributed by atoms with E-state index in [1.165, 1.54) is 11.0 Å². The zero-order valence-electron chi connectivity index (χ0n) is 20.5. The van der Waals surface area contributed by atoms with Crippen LogP contribution in [0.25, 0.3) is 5.76 Å². The highest BCUT2D eigenvalue weighted by Gasteiger charge is 2.64. The van der Waals surface area contributed by atoms with Gasteiger partial charge in [0.25, 0.3) is 5.91 Å². The van der Waals surface area contributed by atoms with Crippen molar-refractivity contribution in [2.75, 3.05) is 20.7 Å². The van der Waals surface area contributed by atoms with Crippen LogP contribution in [-0.4, -0.2) is 75.1 Å². The lowest BCUT2D eigenvalue weighted by atomic mass is 9.57. The molecule has 1 aromatic rings. The van der Waals surface area contributed by atoms with E-state index in [4.69, 9.17) is 10.6 Å². The van der Waals surface area contributed by atoms with Gasteiger partial charge in [0.2, 0.25) is 5.78 Å². The molecule has 5 atom stereocenters. The van der Waals surface area contributed by atoms with Gasteiger partial charge in [0.15, 0.2) is 11.4 Å².